The Morgan fingerprint density at radius 2 is 1.66 bits per heavy atom. The lowest BCUT2D eigenvalue weighted by Crippen LogP contribution is -2.32. The summed E-state index contributed by atoms with van der Waals surface area (Å²) in [6.45, 7) is 6.02. The van der Waals surface area contributed by atoms with Gasteiger partial charge in [-0.1, -0.05) is 6.07 Å². The summed E-state index contributed by atoms with van der Waals surface area (Å²) in [7, 11) is 0. The van der Waals surface area contributed by atoms with Gasteiger partial charge in [0.25, 0.3) is 11.8 Å². The lowest BCUT2D eigenvalue weighted by atomic mass is 10.1. The SMILES string of the molecule is CCN(CC)c1ccc(NC2=C(c3cccs3)C(=O)N(c3ccc(C#N)cc3)C2=O)cc1. The maximum absolute atomic E-state index is 13.4. The summed E-state index contributed by atoms with van der Waals surface area (Å²) in [4.78, 5) is 30.8. The zero-order valence-electron chi connectivity index (χ0n) is 17.8. The maximum atomic E-state index is 13.4. The van der Waals surface area contributed by atoms with E-state index in [2.05, 4.69) is 24.1 Å². The van der Waals surface area contributed by atoms with E-state index in [1.165, 1.54) is 11.3 Å². The minimum atomic E-state index is -0.420. The number of benzene rings is 2. The van der Waals surface area contributed by atoms with Crippen molar-refractivity contribution in [1.82, 2.24) is 0 Å². The smallest absolute Gasteiger partial charge is 0.282 e. The van der Waals surface area contributed by atoms with Crippen molar-refractivity contribution in [3.63, 3.8) is 0 Å². The number of nitrogens with zero attached hydrogens (tertiary/aromatic N) is 3. The number of imide groups is 1. The highest BCUT2D eigenvalue weighted by atomic mass is 32.1. The highest BCUT2D eigenvalue weighted by Crippen LogP contribution is 2.35. The molecule has 3 aromatic rings. The van der Waals surface area contributed by atoms with Gasteiger partial charge in [-0.2, -0.15) is 5.26 Å². The lowest BCUT2D eigenvalue weighted by Gasteiger charge is -2.21. The molecule has 1 N–H and O–H groups in total. The molecule has 0 radical (unpaired) electrons. The molecule has 2 aromatic carbocycles. The molecule has 4 rings (SSSR count). The number of nitriles is 1. The van der Waals surface area contributed by atoms with Crippen LogP contribution in [-0.2, 0) is 9.59 Å². The van der Waals surface area contributed by atoms with E-state index in [4.69, 9.17) is 5.26 Å². The Hall–Kier alpha value is -3.89. The van der Waals surface area contributed by atoms with E-state index >= 15 is 0 Å². The van der Waals surface area contributed by atoms with Crippen LogP contribution in [0.3, 0.4) is 0 Å². The van der Waals surface area contributed by atoms with Gasteiger partial charge in [-0.25, -0.2) is 4.90 Å². The van der Waals surface area contributed by atoms with E-state index in [1.807, 2.05) is 47.8 Å². The second-order valence-electron chi connectivity index (χ2n) is 7.18. The van der Waals surface area contributed by atoms with Crippen LogP contribution in [0.25, 0.3) is 5.57 Å². The van der Waals surface area contributed by atoms with Crippen LogP contribution in [0.2, 0.25) is 0 Å². The van der Waals surface area contributed by atoms with Crippen molar-refractivity contribution < 1.29 is 9.59 Å². The standard InChI is InChI=1S/C25H22N4O2S/c1-3-28(4-2)19-13-9-18(10-14-19)27-23-22(21-6-5-15-32-21)24(30)29(25(23)31)20-11-7-17(16-26)8-12-20/h5-15,27H,3-4H2,1-2H3. The first-order valence-electron chi connectivity index (χ1n) is 10.4. The number of nitrogens with one attached hydrogen (secondary N) is 1. The van der Waals surface area contributed by atoms with Gasteiger partial charge < -0.3 is 10.2 Å². The van der Waals surface area contributed by atoms with Crippen molar-refractivity contribution >= 4 is 45.8 Å². The number of hydrogen-bond donors (Lipinski definition) is 1. The zero-order chi connectivity index (χ0) is 22.7. The molecule has 0 unspecified atom stereocenters. The zero-order valence-corrected chi connectivity index (χ0v) is 18.6. The predicted molar refractivity (Wildman–Crippen MR) is 129 cm³/mol. The first-order chi connectivity index (χ1) is 15.6. The average Bonchev–Trinajstić information content (AvgIpc) is 3.42. The van der Waals surface area contributed by atoms with E-state index in [-0.39, 0.29) is 11.6 Å². The van der Waals surface area contributed by atoms with Gasteiger partial charge >= 0.3 is 0 Å². The van der Waals surface area contributed by atoms with Gasteiger partial charge in [0.15, 0.2) is 0 Å². The Morgan fingerprint density at radius 3 is 2.22 bits per heavy atom. The number of carbonyl (C=O) groups is 2. The van der Waals surface area contributed by atoms with Crippen molar-refractivity contribution in [1.29, 1.82) is 5.26 Å². The Labute approximate surface area is 191 Å². The monoisotopic (exact) mass is 442 g/mol. The second-order valence-corrected chi connectivity index (χ2v) is 8.12. The Kier molecular flexibility index (Phi) is 6.06. The predicted octanol–water partition coefficient (Wildman–Crippen LogP) is 4.86. The first-order valence-corrected chi connectivity index (χ1v) is 11.2. The fourth-order valence-corrected chi connectivity index (χ4v) is 4.47. The minimum Gasteiger partial charge on any atom is -0.372 e. The van der Waals surface area contributed by atoms with Crippen LogP contribution in [0.1, 0.15) is 24.3 Å². The van der Waals surface area contributed by atoms with Crippen molar-refractivity contribution in [2.45, 2.75) is 13.8 Å². The third-order valence-corrected chi connectivity index (χ3v) is 6.26. The van der Waals surface area contributed by atoms with Crippen molar-refractivity contribution in [2.75, 3.05) is 28.2 Å². The first kappa shape index (κ1) is 21.3. The molecule has 1 aliphatic heterocycles. The normalized spacial score (nSPS) is 13.5. The van der Waals surface area contributed by atoms with Crippen LogP contribution in [0, 0.1) is 11.3 Å². The van der Waals surface area contributed by atoms with Gasteiger partial charge in [0.05, 0.1) is 22.9 Å². The number of hydrogen-bond acceptors (Lipinski definition) is 6. The molecule has 7 heteroatoms. The molecule has 0 aliphatic carbocycles. The molecular formula is C25H22N4O2S. The quantitative estimate of drug-likeness (QED) is 0.529. The molecule has 2 heterocycles. The summed E-state index contributed by atoms with van der Waals surface area (Å²) in [5.41, 5.74) is 3.32. The van der Waals surface area contributed by atoms with E-state index in [9.17, 15) is 9.59 Å². The molecule has 6 nitrogen and oxygen atoms in total. The highest BCUT2D eigenvalue weighted by molar-refractivity contribution is 7.11. The molecule has 2 amide bonds. The third-order valence-electron chi connectivity index (χ3n) is 5.37. The van der Waals surface area contributed by atoms with Crippen molar-refractivity contribution in [3.05, 3.63) is 82.2 Å². The van der Waals surface area contributed by atoms with Crippen LogP contribution >= 0.6 is 11.3 Å². The fourth-order valence-electron chi connectivity index (χ4n) is 3.70. The Balaban J connectivity index is 1.69. The number of thiophene rings is 1. The fraction of sp³-hybridized carbons (Fsp3) is 0.160. The van der Waals surface area contributed by atoms with Crippen LogP contribution in [0.15, 0.2) is 71.7 Å². The number of anilines is 3. The molecule has 160 valence electrons. The van der Waals surface area contributed by atoms with Crippen molar-refractivity contribution in [3.8, 4) is 6.07 Å². The number of amides is 2. The number of rotatable bonds is 7. The minimum absolute atomic E-state index is 0.248. The van der Waals surface area contributed by atoms with E-state index in [0.717, 1.165) is 34.2 Å². The molecule has 0 saturated carbocycles. The highest BCUT2D eigenvalue weighted by Gasteiger charge is 2.40. The molecule has 0 bridgehead atoms. The summed E-state index contributed by atoms with van der Waals surface area (Å²) in [5, 5.41) is 14.1. The number of carbonyl (C=O) groups excluding carboxylic acids is 2. The van der Waals surface area contributed by atoms with Gasteiger partial charge in [0.2, 0.25) is 0 Å². The maximum Gasteiger partial charge on any atom is 0.282 e. The van der Waals surface area contributed by atoms with Crippen LogP contribution in [-0.4, -0.2) is 24.9 Å². The summed E-state index contributed by atoms with van der Waals surface area (Å²) in [6, 6.07) is 20.0. The van der Waals surface area contributed by atoms with Crippen molar-refractivity contribution in [2.24, 2.45) is 0 Å². The van der Waals surface area contributed by atoms with Crippen LogP contribution < -0.4 is 15.1 Å². The van der Waals surface area contributed by atoms with Gasteiger partial charge in [-0.15, -0.1) is 11.3 Å². The summed E-state index contributed by atoms with van der Waals surface area (Å²) >= 11 is 1.41. The summed E-state index contributed by atoms with van der Waals surface area (Å²) < 4.78 is 0. The van der Waals surface area contributed by atoms with E-state index in [1.54, 1.807) is 24.3 Å². The molecule has 1 aromatic heterocycles. The van der Waals surface area contributed by atoms with Gasteiger partial charge in [0, 0.05) is 29.3 Å². The molecule has 0 saturated heterocycles. The summed E-state index contributed by atoms with van der Waals surface area (Å²) in [6.07, 6.45) is 0. The van der Waals surface area contributed by atoms with Crippen LogP contribution in [0.5, 0.6) is 0 Å². The average molecular weight is 443 g/mol. The van der Waals surface area contributed by atoms with Gasteiger partial charge in [-0.3, -0.25) is 9.59 Å². The second kappa shape index (κ2) is 9.08. The van der Waals surface area contributed by atoms with E-state index in [0.29, 0.717) is 16.8 Å². The largest absolute Gasteiger partial charge is 0.372 e. The third kappa shape index (κ3) is 3.88. The summed E-state index contributed by atoms with van der Waals surface area (Å²) in [5.74, 6) is -0.805. The molecule has 0 fully saturated rings. The van der Waals surface area contributed by atoms with E-state index < -0.39 is 5.91 Å². The molecular weight excluding hydrogens is 420 g/mol. The lowest BCUT2D eigenvalue weighted by molar-refractivity contribution is -0.120. The molecule has 1 aliphatic rings. The van der Waals surface area contributed by atoms with Crippen LogP contribution in [0.4, 0.5) is 17.1 Å². The van der Waals surface area contributed by atoms with Gasteiger partial charge in [-0.05, 0) is 73.8 Å². The topological polar surface area (TPSA) is 76.4 Å². The Morgan fingerprint density at radius 1 is 0.969 bits per heavy atom. The molecule has 32 heavy (non-hydrogen) atoms. The Bertz CT molecular complexity index is 1200. The van der Waals surface area contributed by atoms with Gasteiger partial charge in [0.1, 0.15) is 5.70 Å². The molecule has 0 atom stereocenters. The molecule has 0 spiro atoms.